The van der Waals surface area contributed by atoms with E-state index in [1.807, 2.05) is 0 Å². The fourth-order valence-corrected chi connectivity index (χ4v) is 5.00. The quantitative estimate of drug-likeness (QED) is 0.439. The maximum atomic E-state index is 13.6. The first-order chi connectivity index (χ1) is 14.3. The molecule has 0 bridgehead atoms. The number of pyridine rings is 1. The smallest absolute Gasteiger partial charge is 0.269 e. The lowest BCUT2D eigenvalue weighted by Crippen LogP contribution is -2.17. The molecule has 5 nitrogen and oxygen atoms in total. The molecule has 0 unspecified atom stereocenters. The second-order valence-electron chi connectivity index (χ2n) is 6.76. The zero-order valence-electron chi connectivity index (χ0n) is 15.8. The average molecular weight is 448 g/mol. The van der Waals surface area contributed by atoms with Gasteiger partial charge < -0.3 is 4.90 Å². The first kappa shape index (κ1) is 20.3. The highest BCUT2D eigenvalue weighted by Crippen LogP contribution is 2.30. The summed E-state index contributed by atoms with van der Waals surface area (Å²) in [6.07, 6.45) is 3.55. The van der Waals surface area contributed by atoms with Crippen LogP contribution in [0.5, 0.6) is 0 Å². The van der Waals surface area contributed by atoms with Gasteiger partial charge in [0.05, 0.1) is 22.4 Å². The Bertz CT molecular complexity index is 1360. The third-order valence-corrected chi connectivity index (χ3v) is 6.67. The summed E-state index contributed by atoms with van der Waals surface area (Å²) in [6, 6.07) is 12.0. The summed E-state index contributed by atoms with van der Waals surface area (Å²) >= 11 is 6.16. The third-order valence-electron chi connectivity index (χ3n) is 4.73. The van der Waals surface area contributed by atoms with E-state index in [2.05, 4.69) is 4.98 Å². The molecule has 0 aliphatic heterocycles. The number of nitrogens with zero attached hydrogens (tertiary/aromatic N) is 3. The van der Waals surface area contributed by atoms with Crippen molar-refractivity contribution in [3.63, 3.8) is 0 Å². The Morgan fingerprint density at radius 3 is 2.57 bits per heavy atom. The molecule has 0 N–H and O–H groups in total. The van der Waals surface area contributed by atoms with Crippen LogP contribution in [0.4, 0.5) is 14.5 Å². The van der Waals surface area contributed by atoms with Crippen molar-refractivity contribution in [2.24, 2.45) is 0 Å². The number of aromatic nitrogens is 2. The second-order valence-corrected chi connectivity index (χ2v) is 8.99. The van der Waals surface area contributed by atoms with Crippen LogP contribution in [0, 0.1) is 11.6 Å². The van der Waals surface area contributed by atoms with Crippen molar-refractivity contribution in [2.75, 3.05) is 11.9 Å². The number of benzene rings is 2. The van der Waals surface area contributed by atoms with Crippen LogP contribution in [0.2, 0.25) is 5.02 Å². The summed E-state index contributed by atoms with van der Waals surface area (Å²) in [5.74, 6) is -1.18. The standard InChI is InChI=1S/C21H16ClF2N3O2S/c1-26(21-7-6-15(23)9-19(21)22)12-14-13-27(20-5-3-2-4-18(14)20)30(28,29)17-8-16(24)10-25-11-17/h2-11,13H,12H2,1H3. The SMILES string of the molecule is CN(Cc1cn(S(=O)(=O)c2cncc(F)c2)c2ccccc12)c1ccc(F)cc1Cl. The highest BCUT2D eigenvalue weighted by Gasteiger charge is 2.23. The van der Waals surface area contributed by atoms with E-state index >= 15 is 0 Å². The first-order valence-corrected chi connectivity index (χ1v) is 10.7. The van der Waals surface area contributed by atoms with Crippen LogP contribution in [-0.2, 0) is 16.6 Å². The van der Waals surface area contributed by atoms with Crippen LogP contribution in [0.1, 0.15) is 5.56 Å². The molecule has 4 rings (SSSR count). The maximum Gasteiger partial charge on any atom is 0.269 e. The summed E-state index contributed by atoms with van der Waals surface area (Å²) in [7, 11) is -2.29. The van der Waals surface area contributed by atoms with Gasteiger partial charge in [0.15, 0.2) is 0 Å². The van der Waals surface area contributed by atoms with E-state index in [-0.39, 0.29) is 9.92 Å². The Morgan fingerprint density at radius 1 is 1.07 bits per heavy atom. The Morgan fingerprint density at radius 2 is 1.83 bits per heavy atom. The number of para-hydroxylation sites is 1. The van der Waals surface area contributed by atoms with Gasteiger partial charge in [0.25, 0.3) is 10.0 Å². The lowest BCUT2D eigenvalue weighted by atomic mass is 10.1. The minimum absolute atomic E-state index is 0.246. The zero-order chi connectivity index (χ0) is 21.5. The van der Waals surface area contributed by atoms with Gasteiger partial charge in [-0.15, -0.1) is 0 Å². The molecule has 0 fully saturated rings. The lowest BCUT2D eigenvalue weighted by molar-refractivity contribution is 0.582. The largest absolute Gasteiger partial charge is 0.369 e. The van der Waals surface area contributed by atoms with Gasteiger partial charge >= 0.3 is 0 Å². The van der Waals surface area contributed by atoms with Gasteiger partial charge in [-0.05, 0) is 35.9 Å². The minimum Gasteiger partial charge on any atom is -0.369 e. The molecule has 154 valence electrons. The summed E-state index contributed by atoms with van der Waals surface area (Å²) in [5.41, 5.74) is 1.77. The van der Waals surface area contributed by atoms with Gasteiger partial charge in [-0.25, -0.2) is 21.2 Å². The van der Waals surface area contributed by atoms with Crippen LogP contribution >= 0.6 is 11.6 Å². The number of halogens is 3. The summed E-state index contributed by atoms with van der Waals surface area (Å²) in [5, 5.41) is 0.968. The van der Waals surface area contributed by atoms with Gasteiger partial charge in [-0.3, -0.25) is 4.98 Å². The van der Waals surface area contributed by atoms with E-state index in [4.69, 9.17) is 11.6 Å². The van der Waals surface area contributed by atoms with Crippen LogP contribution in [0.3, 0.4) is 0 Å². The normalized spacial score (nSPS) is 11.7. The number of fused-ring (bicyclic) bond motifs is 1. The number of anilines is 1. The van der Waals surface area contributed by atoms with Crippen LogP contribution in [0.25, 0.3) is 10.9 Å². The molecule has 9 heteroatoms. The Hall–Kier alpha value is -2.97. The fourth-order valence-electron chi connectivity index (χ4n) is 3.32. The van der Waals surface area contributed by atoms with Crippen molar-refractivity contribution in [3.05, 3.63) is 89.3 Å². The molecule has 2 aromatic heterocycles. The molecule has 0 amide bonds. The zero-order valence-corrected chi connectivity index (χ0v) is 17.3. The Labute approximate surface area is 177 Å². The number of rotatable bonds is 5. The monoisotopic (exact) mass is 447 g/mol. The van der Waals surface area contributed by atoms with Gasteiger partial charge in [0.2, 0.25) is 0 Å². The summed E-state index contributed by atoms with van der Waals surface area (Å²) in [4.78, 5) is 5.20. The number of hydrogen-bond acceptors (Lipinski definition) is 4. The topological polar surface area (TPSA) is 55.2 Å². The molecule has 2 heterocycles. The molecule has 2 aromatic carbocycles. The van der Waals surface area contributed by atoms with Crippen molar-refractivity contribution < 1.29 is 17.2 Å². The predicted molar refractivity (Wildman–Crippen MR) is 112 cm³/mol. The van der Waals surface area contributed by atoms with E-state index in [0.717, 1.165) is 27.8 Å². The average Bonchev–Trinajstić information content (AvgIpc) is 3.07. The van der Waals surface area contributed by atoms with E-state index in [9.17, 15) is 17.2 Å². The molecular weight excluding hydrogens is 432 g/mol. The van der Waals surface area contributed by atoms with Crippen molar-refractivity contribution in [1.29, 1.82) is 0 Å². The summed E-state index contributed by atoms with van der Waals surface area (Å²) in [6.45, 7) is 0.315. The Kier molecular flexibility index (Phi) is 5.21. The first-order valence-electron chi connectivity index (χ1n) is 8.88. The van der Waals surface area contributed by atoms with Crippen LogP contribution in [-0.4, -0.2) is 24.4 Å². The van der Waals surface area contributed by atoms with E-state index in [1.165, 1.54) is 18.3 Å². The van der Waals surface area contributed by atoms with Crippen molar-refractivity contribution in [2.45, 2.75) is 11.4 Å². The van der Waals surface area contributed by atoms with Gasteiger partial charge in [0.1, 0.15) is 16.5 Å². The number of hydrogen-bond donors (Lipinski definition) is 0. The summed E-state index contributed by atoms with van der Waals surface area (Å²) < 4.78 is 54.3. The van der Waals surface area contributed by atoms with E-state index in [1.54, 1.807) is 42.3 Å². The van der Waals surface area contributed by atoms with Crippen LogP contribution < -0.4 is 4.90 Å². The molecule has 4 aromatic rings. The second kappa shape index (κ2) is 7.70. The molecule has 0 radical (unpaired) electrons. The van der Waals surface area contributed by atoms with Crippen molar-refractivity contribution in [3.8, 4) is 0 Å². The van der Waals surface area contributed by atoms with Gasteiger partial charge in [0, 0.05) is 31.4 Å². The molecular formula is C21H16ClF2N3O2S. The fraction of sp³-hybridized carbons (Fsp3) is 0.0952. The molecule has 30 heavy (non-hydrogen) atoms. The van der Waals surface area contributed by atoms with E-state index < -0.39 is 21.7 Å². The van der Waals surface area contributed by atoms with E-state index in [0.29, 0.717) is 23.3 Å². The molecule has 0 saturated heterocycles. The lowest BCUT2D eigenvalue weighted by Gasteiger charge is -2.20. The van der Waals surface area contributed by atoms with Gasteiger partial charge in [-0.1, -0.05) is 29.8 Å². The predicted octanol–water partition coefficient (Wildman–Crippen LogP) is 4.84. The van der Waals surface area contributed by atoms with Crippen LogP contribution in [0.15, 0.2) is 72.0 Å². The molecule has 0 atom stereocenters. The molecule has 0 aliphatic rings. The van der Waals surface area contributed by atoms with Crippen molar-refractivity contribution in [1.82, 2.24) is 8.96 Å². The molecule has 0 spiro atoms. The van der Waals surface area contributed by atoms with Gasteiger partial charge in [-0.2, -0.15) is 0 Å². The maximum absolute atomic E-state index is 13.6. The highest BCUT2D eigenvalue weighted by atomic mass is 35.5. The third kappa shape index (κ3) is 3.64. The molecule has 0 aliphatic carbocycles. The Balaban J connectivity index is 1.80. The minimum atomic E-state index is -4.06. The molecule has 0 saturated carbocycles. The van der Waals surface area contributed by atoms with Crippen molar-refractivity contribution >= 4 is 38.2 Å². The highest BCUT2D eigenvalue weighted by molar-refractivity contribution is 7.90.